The van der Waals surface area contributed by atoms with Crippen LogP contribution in [0, 0.1) is 0 Å². The molecule has 3 aromatic rings. The Kier molecular flexibility index (Phi) is 6.01. The van der Waals surface area contributed by atoms with Gasteiger partial charge in [-0.3, -0.25) is 9.36 Å². The molecule has 0 saturated heterocycles. The third-order valence-corrected chi connectivity index (χ3v) is 6.22. The minimum atomic E-state index is -4.52. The van der Waals surface area contributed by atoms with E-state index in [1.54, 1.807) is 30.3 Å². The first-order valence-corrected chi connectivity index (χ1v) is 10.6. The van der Waals surface area contributed by atoms with E-state index in [-0.39, 0.29) is 17.9 Å². The van der Waals surface area contributed by atoms with E-state index in [4.69, 9.17) is 9.47 Å². The summed E-state index contributed by atoms with van der Waals surface area (Å²) < 4.78 is 52.0. The second-order valence-corrected chi connectivity index (χ2v) is 8.10. The number of esters is 1. The fraction of sp³-hybridized carbons (Fsp3) is 0.217. The summed E-state index contributed by atoms with van der Waals surface area (Å²) in [7, 11) is 1.23. The molecule has 0 radical (unpaired) electrons. The van der Waals surface area contributed by atoms with Gasteiger partial charge in [0.05, 0.1) is 17.7 Å². The highest BCUT2D eigenvalue weighted by Gasteiger charge is 2.35. The van der Waals surface area contributed by atoms with E-state index in [1.807, 2.05) is 6.07 Å². The van der Waals surface area contributed by atoms with E-state index in [0.29, 0.717) is 21.9 Å². The molecule has 0 fully saturated rings. The van der Waals surface area contributed by atoms with Gasteiger partial charge in [0, 0.05) is 22.9 Å². The van der Waals surface area contributed by atoms with E-state index in [1.165, 1.54) is 35.6 Å². The summed E-state index contributed by atoms with van der Waals surface area (Å²) in [6.45, 7) is -0.0257. The lowest BCUT2D eigenvalue weighted by Crippen LogP contribution is -2.30. The molecule has 1 aliphatic heterocycles. The van der Waals surface area contributed by atoms with Gasteiger partial charge in [0.2, 0.25) is 0 Å². The third kappa shape index (κ3) is 4.25. The zero-order valence-corrected chi connectivity index (χ0v) is 17.7. The average Bonchev–Trinajstić information content (AvgIpc) is 3.23. The first-order chi connectivity index (χ1) is 15.3. The Labute approximate surface area is 185 Å². The molecule has 5 nitrogen and oxygen atoms in total. The number of carbonyl (C=O) groups excluding carboxylic acids is 1. The molecule has 2 heterocycles. The molecule has 0 aliphatic carbocycles. The number of halogens is 3. The number of pyridine rings is 1. The Balaban J connectivity index is 1.86. The van der Waals surface area contributed by atoms with Crippen molar-refractivity contribution < 1.29 is 27.4 Å². The largest absolute Gasteiger partial charge is 0.489 e. The standard InChI is InChI=1S/C23H18F3NO4S/c1-30-22(29)18-13-32-21-20(14-6-5-7-16(10-14)23(24,25)26)15(11-19(28)27(18)21)12-31-17-8-3-2-4-9-17/h2-11,18H,12-13H2,1H3/t18-/m0/s1. The lowest BCUT2D eigenvalue weighted by atomic mass is 9.99. The van der Waals surface area contributed by atoms with E-state index in [0.717, 1.165) is 12.1 Å². The van der Waals surface area contributed by atoms with Gasteiger partial charge in [-0.2, -0.15) is 13.2 Å². The number of carbonyl (C=O) groups is 1. The Morgan fingerprint density at radius 1 is 1.12 bits per heavy atom. The van der Waals surface area contributed by atoms with Crippen LogP contribution in [0.4, 0.5) is 13.2 Å². The molecule has 32 heavy (non-hydrogen) atoms. The number of methoxy groups -OCH3 is 1. The highest BCUT2D eigenvalue weighted by molar-refractivity contribution is 7.99. The molecule has 4 rings (SSSR count). The van der Waals surface area contributed by atoms with E-state index in [2.05, 4.69) is 0 Å². The number of fused-ring (bicyclic) bond motifs is 1. The van der Waals surface area contributed by atoms with Crippen LogP contribution in [0.15, 0.2) is 70.5 Å². The van der Waals surface area contributed by atoms with Crippen molar-refractivity contribution in [3.63, 3.8) is 0 Å². The number of aromatic nitrogens is 1. The molecule has 0 amide bonds. The molecule has 0 unspecified atom stereocenters. The summed E-state index contributed by atoms with van der Waals surface area (Å²) in [5.74, 6) is 0.224. The normalized spacial score (nSPS) is 15.3. The second kappa shape index (κ2) is 8.74. The minimum absolute atomic E-state index is 0.0257. The molecule has 0 saturated carbocycles. The Hall–Kier alpha value is -3.20. The highest BCUT2D eigenvalue weighted by atomic mass is 32.2. The van der Waals surface area contributed by atoms with Crippen LogP contribution in [0.1, 0.15) is 17.2 Å². The lowest BCUT2D eigenvalue weighted by Gasteiger charge is -2.18. The van der Waals surface area contributed by atoms with Gasteiger partial charge in [-0.15, -0.1) is 11.8 Å². The summed E-state index contributed by atoms with van der Waals surface area (Å²) in [6.07, 6.45) is -4.52. The quantitative estimate of drug-likeness (QED) is 0.504. The molecule has 1 aliphatic rings. The first kappa shape index (κ1) is 22.0. The van der Waals surface area contributed by atoms with Crippen LogP contribution in [0.25, 0.3) is 11.1 Å². The van der Waals surface area contributed by atoms with Crippen molar-refractivity contribution in [3.05, 3.63) is 82.1 Å². The number of benzene rings is 2. The van der Waals surface area contributed by atoms with Gasteiger partial charge in [0.15, 0.2) is 0 Å². The lowest BCUT2D eigenvalue weighted by molar-refractivity contribution is -0.144. The van der Waals surface area contributed by atoms with Crippen LogP contribution in [0.5, 0.6) is 5.75 Å². The second-order valence-electron chi connectivity index (χ2n) is 7.09. The number of ether oxygens (including phenoxy) is 2. The number of rotatable bonds is 5. The van der Waals surface area contributed by atoms with Crippen LogP contribution in [0.3, 0.4) is 0 Å². The fourth-order valence-electron chi connectivity index (χ4n) is 3.58. The zero-order valence-electron chi connectivity index (χ0n) is 16.9. The summed E-state index contributed by atoms with van der Waals surface area (Å²) in [4.78, 5) is 25.1. The van der Waals surface area contributed by atoms with Gasteiger partial charge in [-0.1, -0.05) is 30.3 Å². The summed E-state index contributed by atoms with van der Waals surface area (Å²) in [5, 5.41) is 0.416. The van der Waals surface area contributed by atoms with Gasteiger partial charge in [0.25, 0.3) is 5.56 Å². The fourth-order valence-corrected chi connectivity index (χ4v) is 4.93. The Morgan fingerprint density at radius 3 is 2.56 bits per heavy atom. The number of para-hydroxylation sites is 1. The van der Waals surface area contributed by atoms with Crippen molar-refractivity contribution >= 4 is 17.7 Å². The molecular formula is C23H18F3NO4S. The predicted molar refractivity (Wildman–Crippen MR) is 114 cm³/mol. The van der Waals surface area contributed by atoms with Gasteiger partial charge < -0.3 is 9.47 Å². The van der Waals surface area contributed by atoms with Gasteiger partial charge in [0.1, 0.15) is 18.4 Å². The SMILES string of the molecule is COC(=O)[C@@H]1CSc2c(-c3cccc(C(F)(F)F)c3)c(COc3ccccc3)cc(=O)n21. The van der Waals surface area contributed by atoms with Crippen molar-refractivity contribution in [3.8, 4) is 16.9 Å². The van der Waals surface area contributed by atoms with Crippen LogP contribution in [-0.2, 0) is 22.3 Å². The minimum Gasteiger partial charge on any atom is -0.489 e. The monoisotopic (exact) mass is 461 g/mol. The summed E-state index contributed by atoms with van der Waals surface area (Å²) in [5.41, 5.74) is -0.0936. The molecule has 166 valence electrons. The molecule has 0 spiro atoms. The third-order valence-electron chi connectivity index (χ3n) is 5.07. The maximum absolute atomic E-state index is 13.4. The van der Waals surface area contributed by atoms with Crippen molar-refractivity contribution in [2.24, 2.45) is 0 Å². The van der Waals surface area contributed by atoms with Gasteiger partial charge in [-0.05, 0) is 29.8 Å². The van der Waals surface area contributed by atoms with E-state index >= 15 is 0 Å². The van der Waals surface area contributed by atoms with Crippen LogP contribution >= 0.6 is 11.8 Å². The Bertz CT molecular complexity index is 1210. The van der Waals surface area contributed by atoms with Crippen molar-refractivity contribution in [2.45, 2.75) is 23.9 Å². The number of hydrogen-bond acceptors (Lipinski definition) is 5. The molecule has 0 bridgehead atoms. The van der Waals surface area contributed by atoms with Crippen molar-refractivity contribution in [1.82, 2.24) is 4.57 Å². The van der Waals surface area contributed by atoms with Crippen molar-refractivity contribution in [1.29, 1.82) is 0 Å². The maximum Gasteiger partial charge on any atom is 0.416 e. The molecule has 0 N–H and O–H groups in total. The first-order valence-electron chi connectivity index (χ1n) is 9.64. The Morgan fingerprint density at radius 2 is 1.88 bits per heavy atom. The van der Waals surface area contributed by atoms with Crippen LogP contribution in [0.2, 0.25) is 0 Å². The molecular weight excluding hydrogens is 443 g/mol. The van der Waals surface area contributed by atoms with E-state index in [9.17, 15) is 22.8 Å². The summed E-state index contributed by atoms with van der Waals surface area (Å²) in [6, 6.07) is 14.3. The topological polar surface area (TPSA) is 57.5 Å². The zero-order chi connectivity index (χ0) is 22.9. The molecule has 9 heteroatoms. The van der Waals surface area contributed by atoms with Gasteiger partial charge >= 0.3 is 12.1 Å². The highest BCUT2D eigenvalue weighted by Crippen LogP contribution is 2.42. The number of nitrogens with zero attached hydrogens (tertiary/aromatic N) is 1. The predicted octanol–water partition coefficient (Wildman–Crippen LogP) is 4.93. The van der Waals surface area contributed by atoms with Gasteiger partial charge in [-0.25, -0.2) is 4.79 Å². The van der Waals surface area contributed by atoms with Crippen LogP contribution in [-0.4, -0.2) is 23.4 Å². The molecule has 2 aromatic carbocycles. The average molecular weight is 461 g/mol. The number of thioether (sulfide) groups is 1. The maximum atomic E-state index is 13.4. The van der Waals surface area contributed by atoms with E-state index < -0.39 is 29.3 Å². The summed E-state index contributed by atoms with van der Waals surface area (Å²) >= 11 is 1.23. The number of hydrogen-bond donors (Lipinski definition) is 0. The van der Waals surface area contributed by atoms with Crippen LogP contribution < -0.4 is 10.3 Å². The molecule has 1 atom stereocenters. The smallest absolute Gasteiger partial charge is 0.416 e. The molecule has 1 aromatic heterocycles. The van der Waals surface area contributed by atoms with Crippen molar-refractivity contribution in [2.75, 3.05) is 12.9 Å². The number of alkyl halides is 3.